The van der Waals surface area contributed by atoms with Crippen LogP contribution in [-0.2, 0) is 0 Å². The molecular formula is C16H27ClN4. The van der Waals surface area contributed by atoms with Crippen molar-refractivity contribution < 1.29 is 0 Å². The summed E-state index contributed by atoms with van der Waals surface area (Å²) in [5.74, 6) is 0.911. The van der Waals surface area contributed by atoms with E-state index in [2.05, 4.69) is 54.4 Å². The first-order valence-electron chi connectivity index (χ1n) is 7.67. The van der Waals surface area contributed by atoms with E-state index in [1.54, 1.807) is 0 Å². The molecule has 1 saturated heterocycles. The van der Waals surface area contributed by atoms with Crippen molar-refractivity contribution in [2.45, 2.75) is 39.4 Å². The number of rotatable bonds is 4. The molecule has 1 aliphatic rings. The van der Waals surface area contributed by atoms with Gasteiger partial charge in [0.15, 0.2) is 0 Å². The Bertz CT molecular complexity index is 467. The van der Waals surface area contributed by atoms with Crippen molar-refractivity contribution in [3.63, 3.8) is 0 Å². The van der Waals surface area contributed by atoms with E-state index in [0.717, 1.165) is 37.0 Å². The highest BCUT2D eigenvalue weighted by Gasteiger charge is 2.34. The molecule has 4 nitrogen and oxygen atoms in total. The number of hydrogen-bond acceptors (Lipinski definition) is 4. The largest absolute Gasteiger partial charge is 0.353 e. The molecule has 1 aromatic heterocycles. The molecule has 5 heteroatoms. The van der Waals surface area contributed by atoms with Crippen molar-refractivity contribution in [2.24, 2.45) is 0 Å². The van der Waals surface area contributed by atoms with Gasteiger partial charge in [0, 0.05) is 38.4 Å². The quantitative estimate of drug-likeness (QED) is 0.853. The number of halogens is 1. The zero-order chi connectivity index (χ0) is 15.6. The molecule has 0 spiro atoms. The zero-order valence-corrected chi connectivity index (χ0v) is 14.6. The summed E-state index contributed by atoms with van der Waals surface area (Å²) in [6, 6.07) is 4.32. The van der Waals surface area contributed by atoms with E-state index in [9.17, 15) is 0 Å². The smallest absolute Gasteiger partial charge is 0.147 e. The maximum Gasteiger partial charge on any atom is 0.147 e. The lowest BCUT2D eigenvalue weighted by Gasteiger charge is -2.50. The summed E-state index contributed by atoms with van der Waals surface area (Å²) in [7, 11) is 2.20. The van der Waals surface area contributed by atoms with Crippen molar-refractivity contribution in [1.29, 1.82) is 0 Å². The summed E-state index contributed by atoms with van der Waals surface area (Å²) in [5.41, 5.74) is 0.0637. The molecule has 2 heterocycles. The highest BCUT2D eigenvalue weighted by atomic mass is 35.5. The first kappa shape index (κ1) is 16.5. The monoisotopic (exact) mass is 310 g/mol. The minimum Gasteiger partial charge on any atom is -0.353 e. The van der Waals surface area contributed by atoms with Crippen LogP contribution in [0, 0.1) is 0 Å². The molecule has 0 amide bonds. The molecule has 21 heavy (non-hydrogen) atoms. The average Bonchev–Trinajstić information content (AvgIpc) is 2.47. The topological polar surface area (TPSA) is 22.6 Å². The Morgan fingerprint density at radius 3 is 2.38 bits per heavy atom. The van der Waals surface area contributed by atoms with Crippen LogP contribution in [0.2, 0.25) is 5.02 Å². The van der Waals surface area contributed by atoms with E-state index in [4.69, 9.17) is 11.6 Å². The third kappa shape index (κ3) is 3.50. The number of pyridine rings is 1. The predicted octanol–water partition coefficient (Wildman–Crippen LogP) is 2.93. The summed E-state index contributed by atoms with van der Waals surface area (Å²) in [6.45, 7) is 13.1. The van der Waals surface area contributed by atoms with Gasteiger partial charge in [-0.2, -0.15) is 0 Å². The molecule has 1 aliphatic heterocycles. The number of hydrogen-bond donors (Lipinski definition) is 0. The average molecular weight is 311 g/mol. The van der Waals surface area contributed by atoms with E-state index in [1.807, 2.05) is 18.3 Å². The number of aromatic nitrogens is 1. The van der Waals surface area contributed by atoms with Gasteiger partial charge in [-0.25, -0.2) is 4.98 Å². The third-order valence-corrected chi connectivity index (χ3v) is 5.02. The summed E-state index contributed by atoms with van der Waals surface area (Å²) in [6.07, 6.45) is 1.81. The van der Waals surface area contributed by atoms with Crippen LogP contribution in [0.4, 0.5) is 5.82 Å². The molecule has 0 saturated carbocycles. The highest BCUT2D eigenvalue weighted by molar-refractivity contribution is 6.32. The molecule has 0 radical (unpaired) electrons. The molecule has 1 aromatic rings. The second-order valence-electron chi connectivity index (χ2n) is 6.48. The van der Waals surface area contributed by atoms with Gasteiger partial charge >= 0.3 is 0 Å². The molecule has 0 aliphatic carbocycles. The Morgan fingerprint density at radius 1 is 1.24 bits per heavy atom. The van der Waals surface area contributed by atoms with Crippen LogP contribution < -0.4 is 4.90 Å². The molecule has 0 N–H and O–H groups in total. The Balaban J connectivity index is 2.02. The van der Waals surface area contributed by atoms with E-state index in [1.165, 1.54) is 0 Å². The fraction of sp³-hybridized carbons (Fsp3) is 0.688. The molecule has 0 atom stereocenters. The summed E-state index contributed by atoms with van der Waals surface area (Å²) >= 11 is 6.25. The first-order chi connectivity index (χ1) is 9.84. The molecule has 1 fully saturated rings. The van der Waals surface area contributed by atoms with Crippen molar-refractivity contribution in [1.82, 2.24) is 14.8 Å². The lowest BCUT2D eigenvalue weighted by molar-refractivity contribution is -0.0362. The van der Waals surface area contributed by atoms with Gasteiger partial charge in [-0.15, -0.1) is 0 Å². The second-order valence-corrected chi connectivity index (χ2v) is 6.89. The fourth-order valence-corrected chi connectivity index (χ4v) is 3.17. The van der Waals surface area contributed by atoms with Gasteiger partial charge < -0.3 is 4.90 Å². The van der Waals surface area contributed by atoms with Crippen LogP contribution in [0.25, 0.3) is 0 Å². The van der Waals surface area contributed by atoms with Crippen LogP contribution in [-0.4, -0.2) is 59.7 Å². The van der Waals surface area contributed by atoms with Crippen LogP contribution in [0.15, 0.2) is 18.3 Å². The Morgan fingerprint density at radius 2 is 1.86 bits per heavy atom. The minimum absolute atomic E-state index is 0.0637. The Hall–Kier alpha value is -0.840. The maximum absolute atomic E-state index is 6.25. The van der Waals surface area contributed by atoms with Gasteiger partial charge in [0.05, 0.1) is 10.7 Å². The second kappa shape index (κ2) is 6.51. The molecule has 2 rings (SSSR count). The van der Waals surface area contributed by atoms with Gasteiger partial charge in [-0.05, 0) is 46.9 Å². The van der Waals surface area contributed by atoms with Crippen molar-refractivity contribution in [3.8, 4) is 0 Å². The van der Waals surface area contributed by atoms with Crippen molar-refractivity contribution in [3.05, 3.63) is 23.4 Å². The van der Waals surface area contributed by atoms with Crippen LogP contribution in [0.5, 0.6) is 0 Å². The summed E-state index contributed by atoms with van der Waals surface area (Å²) < 4.78 is 0. The minimum atomic E-state index is 0.0637. The fourth-order valence-electron chi connectivity index (χ4n) is 2.93. The van der Waals surface area contributed by atoms with Crippen molar-refractivity contribution in [2.75, 3.05) is 38.1 Å². The van der Waals surface area contributed by atoms with E-state index < -0.39 is 0 Å². The number of nitrogens with zero attached hydrogens (tertiary/aromatic N) is 4. The van der Waals surface area contributed by atoms with Crippen LogP contribution in [0.3, 0.4) is 0 Å². The van der Waals surface area contributed by atoms with Crippen LogP contribution in [0.1, 0.15) is 27.7 Å². The van der Waals surface area contributed by atoms with Gasteiger partial charge in [-0.3, -0.25) is 9.80 Å². The lowest BCUT2D eigenvalue weighted by atomic mass is 10.1. The molecule has 0 unspecified atom stereocenters. The zero-order valence-electron chi connectivity index (χ0n) is 13.8. The Kier molecular flexibility index (Phi) is 5.12. The summed E-state index contributed by atoms with van der Waals surface area (Å²) in [5, 5.41) is 0.740. The standard InChI is InChI=1S/C16H27ClN4/c1-13(2)19(5)16(3,4)21-11-9-20(10-12-21)15-14(17)7-6-8-18-15/h6-8,13H,9-12H2,1-5H3. The third-order valence-electron chi connectivity index (χ3n) is 4.73. The highest BCUT2D eigenvalue weighted by Crippen LogP contribution is 2.26. The predicted molar refractivity (Wildman–Crippen MR) is 90.0 cm³/mol. The van der Waals surface area contributed by atoms with Crippen LogP contribution >= 0.6 is 11.6 Å². The lowest BCUT2D eigenvalue weighted by Crippen LogP contribution is -2.62. The SMILES string of the molecule is CC(C)N(C)C(C)(C)N1CCN(c2ncccc2Cl)CC1. The van der Waals surface area contributed by atoms with E-state index >= 15 is 0 Å². The van der Waals surface area contributed by atoms with E-state index in [0.29, 0.717) is 6.04 Å². The van der Waals surface area contributed by atoms with Crippen molar-refractivity contribution >= 4 is 17.4 Å². The number of piperazine rings is 1. The van der Waals surface area contributed by atoms with E-state index in [-0.39, 0.29) is 5.66 Å². The molecule has 118 valence electrons. The first-order valence-corrected chi connectivity index (χ1v) is 8.05. The Labute approximate surface area is 133 Å². The summed E-state index contributed by atoms with van der Waals surface area (Å²) in [4.78, 5) is 11.7. The normalized spacial score (nSPS) is 17.8. The van der Waals surface area contributed by atoms with Gasteiger partial charge in [-0.1, -0.05) is 11.6 Å². The molecule has 0 aromatic carbocycles. The van der Waals surface area contributed by atoms with Gasteiger partial charge in [0.1, 0.15) is 5.82 Å². The maximum atomic E-state index is 6.25. The van der Waals surface area contributed by atoms with Gasteiger partial charge in [0.2, 0.25) is 0 Å². The van der Waals surface area contributed by atoms with Gasteiger partial charge in [0.25, 0.3) is 0 Å². The number of anilines is 1. The molecular weight excluding hydrogens is 284 g/mol. The molecule has 0 bridgehead atoms.